The number of carbonyl (C=O) groups excluding carboxylic acids is 1. The molecule has 2 rings (SSSR count). The number of hydrogen-bond donors (Lipinski definition) is 2. The van der Waals surface area contributed by atoms with E-state index in [9.17, 15) is 13.2 Å². The molecule has 20 heavy (non-hydrogen) atoms. The molecule has 2 aliphatic rings. The number of nitrogens with two attached hydrogens (primary N) is 1. The van der Waals surface area contributed by atoms with Crippen LogP contribution < -0.4 is 11.1 Å². The van der Waals surface area contributed by atoms with E-state index in [1.807, 2.05) is 0 Å². The van der Waals surface area contributed by atoms with Gasteiger partial charge in [-0.3, -0.25) is 4.79 Å². The van der Waals surface area contributed by atoms with E-state index in [4.69, 9.17) is 5.73 Å². The Kier molecular flexibility index (Phi) is 5.07. The van der Waals surface area contributed by atoms with Crippen molar-refractivity contribution in [1.29, 1.82) is 0 Å². The Labute approximate surface area is 121 Å². The van der Waals surface area contributed by atoms with Crippen molar-refractivity contribution in [2.24, 2.45) is 11.1 Å². The lowest BCUT2D eigenvalue weighted by Gasteiger charge is -2.30. The van der Waals surface area contributed by atoms with Crippen LogP contribution >= 0.6 is 0 Å². The number of sulfone groups is 1. The van der Waals surface area contributed by atoms with Gasteiger partial charge in [0.1, 0.15) is 0 Å². The maximum atomic E-state index is 12.5. The van der Waals surface area contributed by atoms with Gasteiger partial charge in [-0.05, 0) is 25.7 Å². The second-order valence-corrected chi connectivity index (χ2v) is 8.64. The first kappa shape index (κ1) is 15.8. The molecule has 3 N–H and O–H groups in total. The normalized spacial score (nSPS) is 28.8. The molecule has 0 bridgehead atoms. The number of amides is 1. The van der Waals surface area contributed by atoms with Gasteiger partial charge in [-0.15, -0.1) is 0 Å². The van der Waals surface area contributed by atoms with Crippen LogP contribution in [0.1, 0.15) is 51.4 Å². The fourth-order valence-corrected chi connectivity index (χ4v) is 5.18. The molecule has 0 aromatic carbocycles. The molecule has 0 aromatic rings. The zero-order valence-electron chi connectivity index (χ0n) is 12.1. The summed E-state index contributed by atoms with van der Waals surface area (Å²) < 4.78 is 23.6. The summed E-state index contributed by atoms with van der Waals surface area (Å²) in [7, 11) is -2.99. The van der Waals surface area contributed by atoms with Gasteiger partial charge in [0.15, 0.2) is 9.84 Å². The maximum absolute atomic E-state index is 12.5. The predicted octanol–water partition coefficient (Wildman–Crippen LogP) is 0.979. The van der Waals surface area contributed by atoms with Crippen LogP contribution in [0.5, 0.6) is 0 Å². The molecule has 1 aliphatic carbocycles. The van der Waals surface area contributed by atoms with E-state index >= 15 is 0 Å². The van der Waals surface area contributed by atoms with Gasteiger partial charge in [-0.2, -0.15) is 0 Å². The van der Waals surface area contributed by atoms with Crippen LogP contribution in [0.4, 0.5) is 0 Å². The Morgan fingerprint density at radius 2 is 1.80 bits per heavy atom. The fourth-order valence-electron chi connectivity index (χ4n) is 3.41. The molecule has 0 spiro atoms. The number of rotatable bonds is 4. The predicted molar refractivity (Wildman–Crippen MR) is 79.0 cm³/mol. The van der Waals surface area contributed by atoms with Gasteiger partial charge in [0.25, 0.3) is 0 Å². The number of carbonyl (C=O) groups is 1. The smallest absolute Gasteiger partial charge is 0.227 e. The van der Waals surface area contributed by atoms with Gasteiger partial charge >= 0.3 is 0 Å². The molecule has 1 saturated heterocycles. The van der Waals surface area contributed by atoms with Crippen molar-refractivity contribution in [1.82, 2.24) is 5.32 Å². The third-order valence-corrected chi connectivity index (χ3v) is 7.16. The van der Waals surface area contributed by atoms with Crippen LogP contribution in [0.15, 0.2) is 0 Å². The van der Waals surface area contributed by atoms with E-state index in [1.54, 1.807) is 0 Å². The van der Waals surface area contributed by atoms with Crippen molar-refractivity contribution >= 4 is 15.7 Å². The van der Waals surface area contributed by atoms with Crippen LogP contribution in [0, 0.1) is 5.41 Å². The monoisotopic (exact) mass is 302 g/mol. The molecule has 2 fully saturated rings. The second-order valence-electron chi connectivity index (χ2n) is 6.24. The van der Waals surface area contributed by atoms with Crippen molar-refractivity contribution in [3.05, 3.63) is 0 Å². The molecule has 1 amide bonds. The van der Waals surface area contributed by atoms with Crippen molar-refractivity contribution < 1.29 is 13.2 Å². The Morgan fingerprint density at radius 3 is 2.30 bits per heavy atom. The second kappa shape index (κ2) is 6.43. The number of nitrogens with one attached hydrogen (secondary N) is 1. The van der Waals surface area contributed by atoms with Gasteiger partial charge in [0.2, 0.25) is 5.91 Å². The average Bonchev–Trinajstić information content (AvgIpc) is 2.65. The lowest BCUT2D eigenvalue weighted by atomic mass is 9.79. The molecular formula is C14H26N2O3S. The first-order valence-corrected chi connectivity index (χ1v) is 9.42. The Bertz CT molecular complexity index is 439. The van der Waals surface area contributed by atoms with Gasteiger partial charge in [-0.25, -0.2) is 8.42 Å². The van der Waals surface area contributed by atoms with Crippen LogP contribution in [-0.2, 0) is 14.6 Å². The summed E-state index contributed by atoms with van der Waals surface area (Å²) in [4.78, 5) is 12.5. The molecule has 5 nitrogen and oxygen atoms in total. The minimum Gasteiger partial charge on any atom is -0.354 e. The topological polar surface area (TPSA) is 89.3 Å². The van der Waals surface area contributed by atoms with Crippen LogP contribution in [0.25, 0.3) is 0 Å². The lowest BCUT2D eigenvalue weighted by Crippen LogP contribution is -2.48. The van der Waals surface area contributed by atoms with E-state index in [-0.39, 0.29) is 18.2 Å². The molecule has 6 heteroatoms. The Morgan fingerprint density at radius 1 is 1.15 bits per heavy atom. The van der Waals surface area contributed by atoms with Gasteiger partial charge in [0, 0.05) is 13.1 Å². The van der Waals surface area contributed by atoms with Gasteiger partial charge in [-0.1, -0.05) is 25.7 Å². The zero-order valence-corrected chi connectivity index (χ0v) is 12.9. The lowest BCUT2D eigenvalue weighted by molar-refractivity contribution is -0.131. The first-order valence-electron chi connectivity index (χ1n) is 7.70. The molecule has 0 radical (unpaired) electrons. The summed E-state index contributed by atoms with van der Waals surface area (Å²) in [5.74, 6) is 0.222. The summed E-state index contributed by atoms with van der Waals surface area (Å²) in [6.07, 6.45) is 7.42. The largest absolute Gasteiger partial charge is 0.354 e. The minimum atomic E-state index is -2.99. The molecule has 1 saturated carbocycles. The van der Waals surface area contributed by atoms with Crippen LogP contribution in [0.2, 0.25) is 0 Å². The van der Waals surface area contributed by atoms with Crippen molar-refractivity contribution in [2.45, 2.75) is 56.6 Å². The number of hydrogen-bond acceptors (Lipinski definition) is 4. The third kappa shape index (κ3) is 3.34. The van der Waals surface area contributed by atoms with Crippen molar-refractivity contribution in [3.8, 4) is 0 Å². The van der Waals surface area contributed by atoms with E-state index in [0.717, 1.165) is 38.5 Å². The molecule has 1 unspecified atom stereocenters. The molecular weight excluding hydrogens is 276 g/mol. The van der Waals surface area contributed by atoms with Crippen LogP contribution in [0.3, 0.4) is 0 Å². The van der Waals surface area contributed by atoms with Gasteiger partial charge < -0.3 is 11.1 Å². The molecule has 1 atom stereocenters. The highest BCUT2D eigenvalue weighted by molar-refractivity contribution is 7.92. The maximum Gasteiger partial charge on any atom is 0.227 e. The summed E-state index contributed by atoms with van der Waals surface area (Å²) in [6, 6.07) is 0. The van der Waals surface area contributed by atoms with E-state index in [2.05, 4.69) is 5.32 Å². The van der Waals surface area contributed by atoms with E-state index in [0.29, 0.717) is 19.4 Å². The summed E-state index contributed by atoms with van der Waals surface area (Å²) in [5.41, 5.74) is 5.39. The quantitative estimate of drug-likeness (QED) is 0.758. The van der Waals surface area contributed by atoms with E-state index < -0.39 is 20.5 Å². The SMILES string of the molecule is NCC1(C(=O)NCC2CCCS2(=O)=O)CCCCCC1. The summed E-state index contributed by atoms with van der Waals surface area (Å²) in [6.45, 7) is 0.610. The van der Waals surface area contributed by atoms with Crippen molar-refractivity contribution in [2.75, 3.05) is 18.8 Å². The molecule has 1 aliphatic heterocycles. The van der Waals surface area contributed by atoms with E-state index in [1.165, 1.54) is 0 Å². The average molecular weight is 302 g/mol. The Hall–Kier alpha value is -0.620. The highest BCUT2D eigenvalue weighted by atomic mass is 32.2. The minimum absolute atomic E-state index is 0.0380. The summed E-state index contributed by atoms with van der Waals surface area (Å²) in [5, 5.41) is 2.48. The third-order valence-electron chi connectivity index (χ3n) is 4.89. The molecule has 0 aromatic heterocycles. The standard InChI is InChI=1S/C14H26N2O3S/c15-11-14(7-3-1-2-4-8-14)13(17)16-10-12-6-5-9-20(12,18)19/h12H,1-11,15H2,(H,16,17). The first-order chi connectivity index (χ1) is 9.50. The molecule has 1 heterocycles. The van der Waals surface area contributed by atoms with Gasteiger partial charge in [0.05, 0.1) is 16.4 Å². The fraction of sp³-hybridized carbons (Fsp3) is 0.929. The Balaban J connectivity index is 1.95. The van der Waals surface area contributed by atoms with Crippen molar-refractivity contribution in [3.63, 3.8) is 0 Å². The van der Waals surface area contributed by atoms with Crippen LogP contribution in [-0.4, -0.2) is 38.4 Å². The molecule has 116 valence electrons. The highest BCUT2D eigenvalue weighted by Gasteiger charge is 2.38. The zero-order chi connectivity index (χ0) is 14.6. The highest BCUT2D eigenvalue weighted by Crippen LogP contribution is 2.34. The summed E-state index contributed by atoms with van der Waals surface area (Å²) >= 11 is 0.